The number of benzene rings is 3. The molecule has 0 aromatic heterocycles. The second-order valence-corrected chi connectivity index (χ2v) is 11.4. The lowest BCUT2D eigenvalue weighted by molar-refractivity contribution is -0.965. The van der Waals surface area contributed by atoms with Gasteiger partial charge in [-0.05, 0) is 53.8 Å². The Morgan fingerprint density at radius 2 is 1.64 bits per heavy atom. The Bertz CT molecular complexity index is 1100. The van der Waals surface area contributed by atoms with Crippen molar-refractivity contribution in [2.24, 2.45) is 11.8 Å². The summed E-state index contributed by atoms with van der Waals surface area (Å²) in [4.78, 5) is 0. The minimum atomic E-state index is 0.381. The highest BCUT2D eigenvalue weighted by atomic mass is 16.5. The molecule has 0 radical (unpaired) electrons. The van der Waals surface area contributed by atoms with Gasteiger partial charge >= 0.3 is 0 Å². The molecule has 3 fully saturated rings. The third-order valence-corrected chi connectivity index (χ3v) is 9.98. The Labute approximate surface area is 199 Å². The van der Waals surface area contributed by atoms with Crippen LogP contribution >= 0.6 is 0 Å². The molecule has 2 heteroatoms. The minimum Gasteiger partial charge on any atom is -0.372 e. The van der Waals surface area contributed by atoms with E-state index in [2.05, 4.69) is 68.4 Å². The lowest BCUT2D eigenvalue weighted by Gasteiger charge is -2.44. The summed E-state index contributed by atoms with van der Waals surface area (Å²) in [6, 6.07) is 20.5. The number of hydrogen-bond donors (Lipinski definition) is 0. The van der Waals surface area contributed by atoms with Crippen molar-refractivity contribution in [2.45, 2.75) is 77.0 Å². The molecule has 0 N–H and O–H groups in total. The molecule has 3 aromatic carbocycles. The van der Waals surface area contributed by atoms with Crippen molar-refractivity contribution in [1.29, 1.82) is 0 Å². The molecule has 2 heterocycles. The van der Waals surface area contributed by atoms with Crippen molar-refractivity contribution in [3.63, 3.8) is 0 Å². The van der Waals surface area contributed by atoms with Crippen molar-refractivity contribution < 1.29 is 9.22 Å². The van der Waals surface area contributed by atoms with Gasteiger partial charge in [0.1, 0.15) is 24.7 Å². The standard InChI is InChI=1S/C31H40NO/c1-3-4-5-10-19-33-30-22-32(18-17-25-15-16-29(30)31(25,32)2)21-28-26-13-8-6-11-23(26)20-24-12-7-9-14-27(24)28/h6-9,11-14,20,25,29-30H,3-5,10,15-19,21-22H2,1-2H3/q+1/t25-,29+,30-,31+,32+/m0/s1. The molecular weight excluding hydrogens is 402 g/mol. The van der Waals surface area contributed by atoms with Gasteiger partial charge in [0.2, 0.25) is 0 Å². The Balaban J connectivity index is 1.37. The first-order valence-corrected chi connectivity index (χ1v) is 13.5. The summed E-state index contributed by atoms with van der Waals surface area (Å²) in [5.74, 6) is 1.61. The number of ether oxygens (including phenoxy) is 1. The molecule has 0 bridgehead atoms. The molecule has 2 aliphatic heterocycles. The van der Waals surface area contributed by atoms with Crippen LogP contribution in [-0.4, -0.2) is 35.8 Å². The Morgan fingerprint density at radius 1 is 0.909 bits per heavy atom. The van der Waals surface area contributed by atoms with E-state index in [1.165, 1.54) is 84.1 Å². The number of fused-ring (bicyclic) bond motifs is 2. The molecule has 5 atom stereocenters. The van der Waals surface area contributed by atoms with E-state index in [1.54, 1.807) is 5.56 Å². The monoisotopic (exact) mass is 442 g/mol. The zero-order valence-electron chi connectivity index (χ0n) is 20.6. The Kier molecular flexibility index (Phi) is 5.50. The number of hydrogen-bond acceptors (Lipinski definition) is 1. The van der Waals surface area contributed by atoms with E-state index in [0.29, 0.717) is 11.6 Å². The predicted octanol–water partition coefficient (Wildman–Crippen LogP) is 7.48. The SMILES string of the molecule is CCCCCCO[C@H]1C[N@+]2(Cc3c4ccccc4cc4ccccc34)CC[C@@H]3CC[C@H]1[C@@]32C. The van der Waals surface area contributed by atoms with E-state index in [4.69, 9.17) is 4.74 Å². The second kappa shape index (κ2) is 8.40. The molecular formula is C31H40NO+. The fraction of sp³-hybridized carbons (Fsp3) is 0.548. The quantitative estimate of drug-likeness (QED) is 0.200. The molecule has 0 amide bonds. The fourth-order valence-electron chi connectivity index (χ4n) is 8.24. The summed E-state index contributed by atoms with van der Waals surface area (Å²) >= 11 is 0. The lowest BCUT2D eigenvalue weighted by atomic mass is 9.82. The molecule has 0 unspecified atom stereocenters. The summed E-state index contributed by atoms with van der Waals surface area (Å²) in [6.07, 6.45) is 9.81. The summed E-state index contributed by atoms with van der Waals surface area (Å²) in [7, 11) is 0. The molecule has 1 saturated carbocycles. The van der Waals surface area contributed by atoms with Crippen LogP contribution in [0.15, 0.2) is 54.6 Å². The summed E-state index contributed by atoms with van der Waals surface area (Å²) in [5, 5.41) is 5.68. The van der Waals surface area contributed by atoms with E-state index in [9.17, 15) is 0 Å². The van der Waals surface area contributed by atoms with Gasteiger partial charge in [0.05, 0.1) is 6.54 Å². The lowest BCUT2D eigenvalue weighted by Crippen LogP contribution is -2.57. The van der Waals surface area contributed by atoms with Gasteiger partial charge in [0.25, 0.3) is 0 Å². The highest BCUT2D eigenvalue weighted by molar-refractivity contribution is 6.02. The van der Waals surface area contributed by atoms with Gasteiger partial charge < -0.3 is 9.22 Å². The van der Waals surface area contributed by atoms with E-state index in [-0.39, 0.29) is 0 Å². The molecule has 2 saturated heterocycles. The molecule has 33 heavy (non-hydrogen) atoms. The predicted molar refractivity (Wildman–Crippen MR) is 138 cm³/mol. The Morgan fingerprint density at radius 3 is 2.36 bits per heavy atom. The van der Waals surface area contributed by atoms with Crippen LogP contribution in [0.1, 0.15) is 64.4 Å². The summed E-state index contributed by atoms with van der Waals surface area (Å²) in [5.41, 5.74) is 1.95. The van der Waals surface area contributed by atoms with Crippen molar-refractivity contribution in [1.82, 2.24) is 0 Å². The second-order valence-electron chi connectivity index (χ2n) is 11.4. The normalized spacial score (nSPS) is 32.7. The van der Waals surface area contributed by atoms with E-state index >= 15 is 0 Å². The van der Waals surface area contributed by atoms with Crippen LogP contribution in [0.5, 0.6) is 0 Å². The third-order valence-electron chi connectivity index (χ3n) is 9.98. The molecule has 3 aliphatic rings. The zero-order chi connectivity index (χ0) is 22.5. The van der Waals surface area contributed by atoms with Crippen LogP contribution in [-0.2, 0) is 11.3 Å². The highest BCUT2D eigenvalue weighted by Gasteiger charge is 2.71. The van der Waals surface area contributed by atoms with Crippen LogP contribution in [0.25, 0.3) is 21.5 Å². The van der Waals surface area contributed by atoms with Crippen molar-refractivity contribution >= 4 is 21.5 Å². The number of unbranched alkanes of at least 4 members (excludes halogenated alkanes) is 3. The van der Waals surface area contributed by atoms with Gasteiger partial charge in [0.15, 0.2) is 0 Å². The van der Waals surface area contributed by atoms with Gasteiger partial charge in [-0.2, -0.15) is 0 Å². The van der Waals surface area contributed by atoms with Crippen LogP contribution in [0, 0.1) is 11.8 Å². The number of rotatable bonds is 8. The van der Waals surface area contributed by atoms with Crippen LogP contribution in [0.3, 0.4) is 0 Å². The average Bonchev–Trinajstić information content (AvgIpc) is 3.41. The maximum absolute atomic E-state index is 6.70. The summed E-state index contributed by atoms with van der Waals surface area (Å²) < 4.78 is 7.95. The van der Waals surface area contributed by atoms with Crippen molar-refractivity contribution in [3.8, 4) is 0 Å². The molecule has 6 rings (SSSR count). The number of quaternary nitrogens is 1. The van der Waals surface area contributed by atoms with Gasteiger partial charge in [0, 0.05) is 30.4 Å². The first kappa shape index (κ1) is 21.6. The first-order valence-electron chi connectivity index (χ1n) is 13.5. The van der Waals surface area contributed by atoms with E-state index < -0.39 is 0 Å². The average molecular weight is 443 g/mol. The highest BCUT2D eigenvalue weighted by Crippen LogP contribution is 2.61. The fourth-order valence-corrected chi connectivity index (χ4v) is 8.24. The van der Waals surface area contributed by atoms with Crippen LogP contribution in [0.2, 0.25) is 0 Å². The van der Waals surface area contributed by atoms with Crippen LogP contribution in [0.4, 0.5) is 0 Å². The third kappa shape index (κ3) is 3.28. The maximum atomic E-state index is 6.70. The molecule has 2 nitrogen and oxygen atoms in total. The van der Waals surface area contributed by atoms with E-state index in [0.717, 1.165) is 25.0 Å². The van der Waals surface area contributed by atoms with Gasteiger partial charge in [-0.15, -0.1) is 0 Å². The molecule has 1 aliphatic carbocycles. The van der Waals surface area contributed by atoms with Crippen molar-refractivity contribution in [3.05, 3.63) is 60.2 Å². The number of nitrogens with zero attached hydrogens (tertiary/aromatic N) is 1. The maximum Gasteiger partial charge on any atom is 0.115 e. The minimum absolute atomic E-state index is 0.381. The molecule has 174 valence electrons. The molecule has 3 aromatic rings. The zero-order valence-corrected chi connectivity index (χ0v) is 20.6. The van der Waals surface area contributed by atoms with Crippen LogP contribution < -0.4 is 0 Å². The van der Waals surface area contributed by atoms with Gasteiger partial charge in [-0.3, -0.25) is 0 Å². The largest absolute Gasteiger partial charge is 0.372 e. The topological polar surface area (TPSA) is 9.23 Å². The molecule has 0 spiro atoms. The van der Waals surface area contributed by atoms with Gasteiger partial charge in [-0.1, -0.05) is 74.7 Å². The summed E-state index contributed by atoms with van der Waals surface area (Å²) in [6.45, 7) is 9.58. The van der Waals surface area contributed by atoms with E-state index in [1.807, 2.05) is 0 Å². The smallest absolute Gasteiger partial charge is 0.115 e. The van der Waals surface area contributed by atoms with Gasteiger partial charge in [-0.25, -0.2) is 0 Å². The Hall–Kier alpha value is -1.90. The van der Waals surface area contributed by atoms with Crippen molar-refractivity contribution in [2.75, 3.05) is 19.7 Å². The first-order chi connectivity index (χ1) is 16.2.